The number of amides is 1. The Labute approximate surface area is 198 Å². The lowest BCUT2D eigenvalue weighted by molar-refractivity contribution is -0.137. The van der Waals surface area contributed by atoms with Crippen LogP contribution in [0.15, 0.2) is 71.3 Å². The maximum Gasteiger partial charge on any atom is 0.416 e. The van der Waals surface area contributed by atoms with Crippen molar-refractivity contribution >= 4 is 34.3 Å². The van der Waals surface area contributed by atoms with Gasteiger partial charge >= 0.3 is 6.18 Å². The molecule has 0 atom stereocenters. The van der Waals surface area contributed by atoms with E-state index >= 15 is 0 Å². The Balaban J connectivity index is 1.34. The van der Waals surface area contributed by atoms with Crippen molar-refractivity contribution in [2.45, 2.75) is 12.7 Å². The molecule has 5 nitrogen and oxygen atoms in total. The second-order valence-corrected chi connectivity index (χ2v) is 8.68. The van der Waals surface area contributed by atoms with Crippen LogP contribution in [-0.2, 0) is 12.7 Å². The van der Waals surface area contributed by atoms with Crippen LogP contribution in [0.3, 0.4) is 0 Å². The summed E-state index contributed by atoms with van der Waals surface area (Å²) in [6, 6.07) is 16.3. The summed E-state index contributed by atoms with van der Waals surface area (Å²) in [6.45, 7) is 2.14. The van der Waals surface area contributed by atoms with Crippen LogP contribution in [0.1, 0.15) is 21.6 Å². The molecule has 2 aromatic carbocycles. The highest BCUT2D eigenvalue weighted by Gasteiger charge is 2.31. The smallest absolute Gasteiger partial charge is 0.416 e. The van der Waals surface area contributed by atoms with Crippen molar-refractivity contribution in [1.82, 2.24) is 9.47 Å². The molecule has 1 saturated heterocycles. The van der Waals surface area contributed by atoms with Crippen LogP contribution in [0.25, 0.3) is 11.1 Å². The van der Waals surface area contributed by atoms with Crippen molar-refractivity contribution in [3.63, 3.8) is 0 Å². The van der Waals surface area contributed by atoms with Gasteiger partial charge < -0.3 is 18.8 Å². The predicted molar refractivity (Wildman–Crippen MR) is 124 cm³/mol. The van der Waals surface area contributed by atoms with Gasteiger partial charge in [-0.1, -0.05) is 29.8 Å². The molecule has 1 aliphatic heterocycles. The highest BCUT2D eigenvalue weighted by Crippen LogP contribution is 2.32. The minimum Gasteiger partial charge on any atom is -0.463 e. The molecule has 0 N–H and O–H groups in total. The molecule has 0 bridgehead atoms. The fourth-order valence-corrected chi connectivity index (χ4v) is 4.56. The number of hydrogen-bond acceptors (Lipinski definition) is 3. The van der Waals surface area contributed by atoms with E-state index in [-0.39, 0.29) is 5.91 Å². The lowest BCUT2D eigenvalue weighted by atomic mass is 10.1. The average molecular weight is 488 g/mol. The Morgan fingerprint density at radius 3 is 2.47 bits per heavy atom. The summed E-state index contributed by atoms with van der Waals surface area (Å²) in [4.78, 5) is 17.0. The molecule has 0 aliphatic carbocycles. The first-order valence-electron chi connectivity index (χ1n) is 10.8. The monoisotopic (exact) mass is 487 g/mol. The van der Waals surface area contributed by atoms with Crippen LogP contribution in [0.5, 0.6) is 0 Å². The summed E-state index contributed by atoms with van der Waals surface area (Å²) in [6.07, 6.45) is -2.81. The molecular formula is C25H21ClF3N3O2. The first-order valence-corrected chi connectivity index (χ1v) is 11.2. The van der Waals surface area contributed by atoms with Gasteiger partial charge in [0.25, 0.3) is 5.91 Å². The lowest BCUT2D eigenvalue weighted by Gasteiger charge is -2.36. The molecule has 5 rings (SSSR count). The van der Waals surface area contributed by atoms with Crippen LogP contribution in [0.4, 0.5) is 18.9 Å². The van der Waals surface area contributed by atoms with Crippen LogP contribution in [0.2, 0.25) is 5.02 Å². The standard InChI is InChI=1S/C25H21ClF3N3O2/c26-19-5-1-3-17(13-19)16-32-21-7-12-34-23(21)15-22(32)24(33)31-10-8-30(9-11-31)20-6-2-4-18(14-20)25(27,28)29/h1-7,12-15H,8-11,16H2. The van der Waals surface area contributed by atoms with E-state index in [2.05, 4.69) is 0 Å². The second-order valence-electron chi connectivity index (χ2n) is 8.24. The van der Waals surface area contributed by atoms with E-state index in [0.29, 0.717) is 54.7 Å². The van der Waals surface area contributed by atoms with E-state index in [9.17, 15) is 18.0 Å². The lowest BCUT2D eigenvalue weighted by Crippen LogP contribution is -2.49. The Bertz CT molecular complexity index is 1340. The fourth-order valence-electron chi connectivity index (χ4n) is 4.35. The Morgan fingerprint density at radius 2 is 1.74 bits per heavy atom. The molecule has 1 amide bonds. The zero-order valence-corrected chi connectivity index (χ0v) is 18.8. The maximum atomic E-state index is 13.4. The van der Waals surface area contributed by atoms with Gasteiger partial charge in [0.1, 0.15) is 5.69 Å². The van der Waals surface area contributed by atoms with E-state index in [0.717, 1.165) is 23.2 Å². The number of hydrogen-bond donors (Lipinski definition) is 0. The van der Waals surface area contributed by atoms with Crippen LogP contribution in [0, 0.1) is 0 Å². The minimum absolute atomic E-state index is 0.142. The number of aromatic nitrogens is 1. The van der Waals surface area contributed by atoms with Crippen molar-refractivity contribution in [1.29, 1.82) is 0 Å². The number of anilines is 1. The Hall–Kier alpha value is -3.39. The quantitative estimate of drug-likeness (QED) is 0.359. The van der Waals surface area contributed by atoms with Gasteiger partial charge in [-0.15, -0.1) is 0 Å². The number of nitrogens with zero attached hydrogens (tertiary/aromatic N) is 3. The largest absolute Gasteiger partial charge is 0.463 e. The van der Waals surface area contributed by atoms with E-state index in [1.165, 1.54) is 6.07 Å². The van der Waals surface area contributed by atoms with Crippen molar-refractivity contribution in [3.05, 3.63) is 88.8 Å². The van der Waals surface area contributed by atoms with E-state index in [1.54, 1.807) is 29.4 Å². The Morgan fingerprint density at radius 1 is 0.971 bits per heavy atom. The number of carbonyl (C=O) groups is 1. The first kappa shape index (κ1) is 22.4. The zero-order chi connectivity index (χ0) is 23.9. The summed E-state index contributed by atoms with van der Waals surface area (Å²) < 4.78 is 46.7. The normalized spacial score (nSPS) is 14.7. The number of fused-ring (bicyclic) bond motifs is 1. The van der Waals surface area contributed by atoms with Crippen molar-refractivity contribution in [3.8, 4) is 0 Å². The molecule has 0 spiro atoms. The molecule has 176 valence electrons. The first-order chi connectivity index (χ1) is 16.3. The van der Waals surface area contributed by atoms with Crippen LogP contribution in [-0.4, -0.2) is 41.6 Å². The molecule has 34 heavy (non-hydrogen) atoms. The molecule has 0 saturated carbocycles. The van der Waals surface area contributed by atoms with Crippen molar-refractivity contribution < 1.29 is 22.4 Å². The van der Waals surface area contributed by atoms with Crippen molar-refractivity contribution in [2.24, 2.45) is 0 Å². The molecule has 2 aromatic heterocycles. The highest BCUT2D eigenvalue weighted by molar-refractivity contribution is 6.30. The van der Waals surface area contributed by atoms with Gasteiger partial charge in [-0.05, 0) is 35.9 Å². The molecule has 3 heterocycles. The summed E-state index contributed by atoms with van der Waals surface area (Å²) in [5, 5.41) is 0.617. The molecule has 4 aromatic rings. The summed E-state index contributed by atoms with van der Waals surface area (Å²) >= 11 is 6.14. The van der Waals surface area contributed by atoms with E-state index in [1.807, 2.05) is 33.7 Å². The number of piperazine rings is 1. The molecule has 9 heteroatoms. The van der Waals surface area contributed by atoms with E-state index < -0.39 is 11.7 Å². The topological polar surface area (TPSA) is 41.6 Å². The number of halogens is 4. The third-order valence-electron chi connectivity index (χ3n) is 6.08. The summed E-state index contributed by atoms with van der Waals surface area (Å²) in [7, 11) is 0. The molecular weight excluding hydrogens is 467 g/mol. The molecule has 0 radical (unpaired) electrons. The molecule has 1 fully saturated rings. The van der Waals surface area contributed by atoms with Crippen molar-refractivity contribution in [2.75, 3.05) is 31.1 Å². The zero-order valence-electron chi connectivity index (χ0n) is 18.1. The average Bonchev–Trinajstić information content (AvgIpc) is 3.41. The number of alkyl halides is 3. The van der Waals surface area contributed by atoms with Gasteiger partial charge in [0.15, 0.2) is 5.58 Å². The molecule has 1 aliphatic rings. The van der Waals surface area contributed by atoms with Crippen LogP contribution < -0.4 is 4.90 Å². The minimum atomic E-state index is -4.39. The summed E-state index contributed by atoms with van der Waals surface area (Å²) in [5.74, 6) is -0.142. The number of carbonyl (C=O) groups excluding carboxylic acids is 1. The van der Waals surface area contributed by atoms with Gasteiger partial charge in [-0.3, -0.25) is 4.79 Å². The highest BCUT2D eigenvalue weighted by atomic mass is 35.5. The second kappa shape index (κ2) is 8.76. The summed E-state index contributed by atoms with van der Waals surface area (Å²) in [5.41, 5.74) is 2.71. The third kappa shape index (κ3) is 4.37. The third-order valence-corrected chi connectivity index (χ3v) is 6.31. The number of benzene rings is 2. The van der Waals surface area contributed by atoms with Gasteiger partial charge in [0.2, 0.25) is 0 Å². The van der Waals surface area contributed by atoms with Gasteiger partial charge in [-0.2, -0.15) is 13.2 Å². The fraction of sp³-hybridized carbons (Fsp3) is 0.240. The predicted octanol–water partition coefficient (Wildman–Crippen LogP) is 5.92. The van der Waals surface area contributed by atoms with Gasteiger partial charge in [0, 0.05) is 55.6 Å². The number of rotatable bonds is 4. The number of furan rings is 1. The van der Waals surface area contributed by atoms with E-state index in [4.69, 9.17) is 16.0 Å². The van der Waals surface area contributed by atoms with Gasteiger partial charge in [-0.25, -0.2) is 0 Å². The van der Waals surface area contributed by atoms with Gasteiger partial charge in [0.05, 0.1) is 17.3 Å². The Kier molecular flexibility index (Phi) is 5.77. The molecule has 0 unspecified atom stereocenters. The SMILES string of the molecule is O=C(c1cc2occc2n1Cc1cccc(Cl)c1)N1CCN(c2cccc(C(F)(F)F)c2)CC1. The maximum absolute atomic E-state index is 13.4. The van der Waals surface area contributed by atoms with Crippen LogP contribution >= 0.6 is 11.6 Å².